The van der Waals surface area contributed by atoms with Crippen molar-refractivity contribution < 1.29 is 17.0 Å². The van der Waals surface area contributed by atoms with E-state index >= 15 is 0 Å². The van der Waals surface area contributed by atoms with Gasteiger partial charge in [-0.1, -0.05) is 12.1 Å². The van der Waals surface area contributed by atoms with Gasteiger partial charge in [-0.25, -0.2) is 9.53 Å². The third-order valence-corrected chi connectivity index (χ3v) is 2.74. The Balaban J connectivity index is 2.83. The van der Waals surface area contributed by atoms with Crippen LogP contribution in [0.15, 0.2) is 22.7 Å². The van der Waals surface area contributed by atoms with Crippen molar-refractivity contribution in [3.63, 3.8) is 0 Å². The molecule has 0 saturated carbocycles. The lowest BCUT2D eigenvalue weighted by molar-refractivity contribution is 0.307. The second-order valence-electron chi connectivity index (χ2n) is 2.47. The summed E-state index contributed by atoms with van der Waals surface area (Å²) in [7, 11) is -4.00. The highest BCUT2D eigenvalue weighted by Crippen LogP contribution is 2.21. The van der Waals surface area contributed by atoms with Crippen molar-refractivity contribution in [2.75, 3.05) is 0 Å². The average Bonchev–Trinajstić information content (AvgIpc) is 2.06. The Morgan fingerprint density at radius 2 is 2.14 bits per heavy atom. The zero-order chi connectivity index (χ0) is 10.8. The van der Waals surface area contributed by atoms with Crippen LogP contribution in [0.1, 0.15) is 5.56 Å². The first kappa shape index (κ1) is 11.6. The van der Waals surface area contributed by atoms with Crippen LogP contribution in [0.5, 0.6) is 0 Å². The van der Waals surface area contributed by atoms with Crippen molar-refractivity contribution >= 4 is 26.2 Å². The van der Waals surface area contributed by atoms with E-state index in [1.54, 1.807) is 0 Å². The van der Waals surface area contributed by atoms with Gasteiger partial charge >= 0.3 is 10.3 Å². The Labute approximate surface area is 89.3 Å². The first-order valence-corrected chi connectivity index (χ1v) is 5.76. The molecule has 0 heterocycles. The summed E-state index contributed by atoms with van der Waals surface area (Å²) in [6, 6.07) is 4.21. The van der Waals surface area contributed by atoms with E-state index in [0.29, 0.717) is 5.56 Å². The molecule has 1 aromatic rings. The third-order valence-electron chi connectivity index (χ3n) is 1.41. The molecule has 78 valence electrons. The summed E-state index contributed by atoms with van der Waals surface area (Å²) in [5.74, 6) is -0.486. The van der Waals surface area contributed by atoms with Crippen molar-refractivity contribution in [2.24, 2.45) is 5.14 Å². The summed E-state index contributed by atoms with van der Waals surface area (Å²) in [6.45, 7) is -0.294. The minimum atomic E-state index is -4.00. The van der Waals surface area contributed by atoms with Gasteiger partial charge in [-0.15, -0.1) is 0 Å². The number of hydrogen-bond donors (Lipinski definition) is 1. The second kappa shape index (κ2) is 4.35. The van der Waals surface area contributed by atoms with Crippen molar-refractivity contribution in [1.82, 2.24) is 0 Å². The first-order chi connectivity index (χ1) is 6.40. The lowest BCUT2D eigenvalue weighted by Gasteiger charge is -2.04. The molecule has 0 saturated heterocycles. The Morgan fingerprint density at radius 3 is 2.71 bits per heavy atom. The molecule has 14 heavy (non-hydrogen) atoms. The maximum atomic E-state index is 12.9. The quantitative estimate of drug-likeness (QED) is 0.909. The highest BCUT2D eigenvalue weighted by Gasteiger charge is 2.08. The van der Waals surface area contributed by atoms with Gasteiger partial charge in [0, 0.05) is 0 Å². The molecule has 0 aliphatic heterocycles. The fourth-order valence-electron chi connectivity index (χ4n) is 0.806. The van der Waals surface area contributed by atoms with Gasteiger partial charge < -0.3 is 0 Å². The van der Waals surface area contributed by atoms with E-state index in [1.807, 2.05) is 0 Å². The topological polar surface area (TPSA) is 69.4 Å². The molecule has 1 aromatic carbocycles. The molecule has 4 nitrogen and oxygen atoms in total. The number of hydrogen-bond acceptors (Lipinski definition) is 3. The smallest absolute Gasteiger partial charge is 0.253 e. The SMILES string of the molecule is NS(=O)(=O)OCc1cccc(F)c1Br. The molecular weight excluding hydrogens is 277 g/mol. The first-order valence-electron chi connectivity index (χ1n) is 3.50. The molecule has 0 amide bonds. The number of rotatable bonds is 3. The van der Waals surface area contributed by atoms with E-state index in [-0.39, 0.29) is 11.1 Å². The molecule has 0 aliphatic carbocycles. The van der Waals surface area contributed by atoms with Crippen molar-refractivity contribution in [2.45, 2.75) is 6.61 Å². The fourth-order valence-corrected chi connectivity index (χ4v) is 1.48. The zero-order valence-electron chi connectivity index (χ0n) is 6.91. The van der Waals surface area contributed by atoms with Gasteiger partial charge in [-0.3, -0.25) is 4.18 Å². The standard InChI is InChI=1S/C7H7BrFNO3S/c8-7-5(2-1-3-6(7)9)4-13-14(10,11)12/h1-3H,4H2,(H2,10,11,12). The van der Waals surface area contributed by atoms with Gasteiger partial charge in [0.2, 0.25) is 0 Å². The van der Waals surface area contributed by atoms with Crippen molar-refractivity contribution in [3.8, 4) is 0 Å². The summed E-state index contributed by atoms with van der Waals surface area (Å²) < 4.78 is 38.3. The minimum absolute atomic E-state index is 0.170. The van der Waals surface area contributed by atoms with E-state index in [1.165, 1.54) is 18.2 Å². The van der Waals surface area contributed by atoms with Crippen LogP contribution in [0, 0.1) is 5.82 Å². The van der Waals surface area contributed by atoms with Gasteiger partial charge in [-0.05, 0) is 27.6 Å². The van der Waals surface area contributed by atoms with Gasteiger partial charge in [0.25, 0.3) is 0 Å². The van der Waals surface area contributed by atoms with Gasteiger partial charge in [0.1, 0.15) is 5.82 Å². The molecule has 0 atom stereocenters. The van der Waals surface area contributed by atoms with Crippen LogP contribution in [0.2, 0.25) is 0 Å². The monoisotopic (exact) mass is 283 g/mol. The van der Waals surface area contributed by atoms with Crippen LogP contribution in [-0.2, 0) is 21.1 Å². The molecule has 0 bridgehead atoms. The summed E-state index contributed by atoms with van der Waals surface area (Å²) in [6.07, 6.45) is 0. The maximum absolute atomic E-state index is 12.9. The summed E-state index contributed by atoms with van der Waals surface area (Å²) >= 11 is 2.96. The maximum Gasteiger partial charge on any atom is 0.333 e. The lowest BCUT2D eigenvalue weighted by Crippen LogP contribution is -2.15. The predicted molar refractivity (Wildman–Crippen MR) is 52.0 cm³/mol. The lowest BCUT2D eigenvalue weighted by atomic mass is 10.2. The minimum Gasteiger partial charge on any atom is -0.253 e. The average molecular weight is 284 g/mol. The van der Waals surface area contributed by atoms with Crippen molar-refractivity contribution in [1.29, 1.82) is 0 Å². The Hall–Kier alpha value is -0.500. The molecule has 0 spiro atoms. The van der Waals surface area contributed by atoms with Crippen molar-refractivity contribution in [3.05, 3.63) is 34.1 Å². The fraction of sp³-hybridized carbons (Fsp3) is 0.143. The molecule has 7 heteroatoms. The van der Waals surface area contributed by atoms with Crippen LogP contribution < -0.4 is 5.14 Å². The molecule has 0 unspecified atom stereocenters. The molecule has 0 aromatic heterocycles. The zero-order valence-corrected chi connectivity index (χ0v) is 9.31. The number of halogens is 2. The molecular formula is C7H7BrFNO3S. The van der Waals surface area contributed by atoms with Crippen LogP contribution in [0.25, 0.3) is 0 Å². The van der Waals surface area contributed by atoms with Gasteiger partial charge in [0.15, 0.2) is 0 Å². The van der Waals surface area contributed by atoms with Gasteiger partial charge in [-0.2, -0.15) is 8.42 Å². The van der Waals surface area contributed by atoms with E-state index in [9.17, 15) is 12.8 Å². The normalized spacial score (nSPS) is 11.6. The Bertz CT molecular complexity index is 435. The molecule has 0 aliphatic rings. The summed E-state index contributed by atoms with van der Waals surface area (Å²) in [4.78, 5) is 0. The Kier molecular flexibility index (Phi) is 3.59. The van der Waals surface area contributed by atoms with Crippen LogP contribution in [-0.4, -0.2) is 8.42 Å². The van der Waals surface area contributed by atoms with Crippen LogP contribution in [0.4, 0.5) is 4.39 Å². The van der Waals surface area contributed by atoms with Gasteiger partial charge in [0.05, 0.1) is 11.1 Å². The summed E-state index contributed by atoms with van der Waals surface area (Å²) in [5, 5.41) is 4.61. The van der Waals surface area contributed by atoms with Crippen LogP contribution in [0.3, 0.4) is 0 Å². The Morgan fingerprint density at radius 1 is 1.50 bits per heavy atom. The van der Waals surface area contributed by atoms with E-state index in [0.717, 1.165) is 0 Å². The number of nitrogens with two attached hydrogens (primary N) is 1. The molecule has 1 rings (SSSR count). The molecule has 2 N–H and O–H groups in total. The second-order valence-corrected chi connectivity index (χ2v) is 4.48. The number of benzene rings is 1. The van der Waals surface area contributed by atoms with E-state index in [2.05, 4.69) is 25.3 Å². The largest absolute Gasteiger partial charge is 0.333 e. The summed E-state index contributed by atoms with van der Waals surface area (Å²) in [5.41, 5.74) is 0.374. The predicted octanol–water partition coefficient (Wildman–Crippen LogP) is 1.31. The highest BCUT2D eigenvalue weighted by atomic mass is 79.9. The van der Waals surface area contributed by atoms with Crippen LogP contribution >= 0.6 is 15.9 Å². The molecule has 0 fully saturated rings. The third kappa shape index (κ3) is 3.33. The highest BCUT2D eigenvalue weighted by molar-refractivity contribution is 9.10. The molecule has 0 radical (unpaired) electrons. The van der Waals surface area contributed by atoms with E-state index < -0.39 is 16.1 Å². The van der Waals surface area contributed by atoms with E-state index in [4.69, 9.17) is 0 Å².